The molecule has 4 rings (SSSR count). The summed E-state index contributed by atoms with van der Waals surface area (Å²) in [6, 6.07) is 8.02. The van der Waals surface area contributed by atoms with E-state index in [2.05, 4.69) is 31.9 Å². The van der Waals surface area contributed by atoms with E-state index in [-0.39, 0.29) is 51.2 Å². The zero-order valence-corrected chi connectivity index (χ0v) is 39.3. The quantitative estimate of drug-likeness (QED) is 0.0326. The van der Waals surface area contributed by atoms with E-state index in [0.29, 0.717) is 36.9 Å². The number of nitrogens with two attached hydrogens (primary N) is 2. The molecule has 22 heteroatoms. The molecule has 7 amide bonds. The topological polar surface area (TPSA) is 349 Å². The van der Waals surface area contributed by atoms with Crippen LogP contribution in [0.2, 0.25) is 0 Å². The Labute approximate surface area is 400 Å². The highest BCUT2D eigenvalue weighted by atomic mass is 16.4. The lowest BCUT2D eigenvalue weighted by Crippen LogP contribution is -2.61. The fraction of sp³-hybridized carbons (Fsp3) is 0.532. The highest BCUT2D eigenvalue weighted by Gasteiger charge is 2.42. The lowest BCUT2D eigenvalue weighted by molar-refractivity contribution is -0.144. The van der Waals surface area contributed by atoms with Gasteiger partial charge in [0.15, 0.2) is 5.96 Å². The van der Waals surface area contributed by atoms with Gasteiger partial charge >= 0.3 is 11.9 Å². The standard InChI is InChI=1S/C47H67N11O11/c1-27(2)38(43(65)54-33(25-29-13-6-4-7-14-29)40(62)53-32(46(68)69)17-10-22-51-47(49)50)56-39(61)31(20-21-37(59)60)52-41(63)36-19-12-24-58(36)45(67)34(26-30-15-8-5-9-16-30)55-42(64)35-18-11-23-57(35)44(66)28(3)48/h4-9,13-16,27-28,31-36,38H,10-12,17-26,48H2,1-3H3,(H,52,63)(H,53,62)(H,54,65)(H,55,64)(H,56,61)(H,59,60)(H,68,69)(H4,49,50,51)/t28-,31-,32-,33-,34-,35-,36-,38-/m0/s1. The summed E-state index contributed by atoms with van der Waals surface area (Å²) in [5, 5.41) is 42.5. The minimum Gasteiger partial charge on any atom is -0.481 e. The molecule has 0 radical (unpaired) electrons. The Morgan fingerprint density at radius 1 is 0.652 bits per heavy atom. The molecule has 0 saturated carbocycles. The van der Waals surface area contributed by atoms with Crippen molar-refractivity contribution in [3.63, 3.8) is 0 Å². The van der Waals surface area contributed by atoms with Crippen LogP contribution in [0.15, 0.2) is 60.7 Å². The van der Waals surface area contributed by atoms with Gasteiger partial charge < -0.3 is 63.4 Å². The number of carbonyl (C=O) groups excluding carboxylic acids is 7. The van der Waals surface area contributed by atoms with Crippen molar-refractivity contribution in [1.82, 2.24) is 41.7 Å². The Balaban J connectivity index is 1.52. The van der Waals surface area contributed by atoms with Crippen molar-refractivity contribution in [3.8, 4) is 0 Å². The van der Waals surface area contributed by atoms with E-state index in [1.165, 1.54) is 16.7 Å². The monoisotopic (exact) mass is 962 g/mol. The molecule has 2 fully saturated rings. The van der Waals surface area contributed by atoms with Crippen LogP contribution >= 0.6 is 0 Å². The second-order valence-corrected chi connectivity index (χ2v) is 17.8. The van der Waals surface area contributed by atoms with Crippen molar-refractivity contribution in [2.24, 2.45) is 17.4 Å². The summed E-state index contributed by atoms with van der Waals surface area (Å²) < 4.78 is 0. The van der Waals surface area contributed by atoms with Crippen LogP contribution < -0.4 is 43.4 Å². The van der Waals surface area contributed by atoms with E-state index in [0.717, 1.165) is 0 Å². The van der Waals surface area contributed by atoms with Gasteiger partial charge in [0.05, 0.1) is 6.04 Å². The Morgan fingerprint density at radius 2 is 1.14 bits per heavy atom. The second-order valence-electron chi connectivity index (χ2n) is 17.8. The number of carboxylic acid groups (broad SMARTS) is 2. The molecule has 13 N–H and O–H groups in total. The first-order valence-corrected chi connectivity index (χ1v) is 23.3. The largest absolute Gasteiger partial charge is 0.481 e. The fourth-order valence-corrected chi connectivity index (χ4v) is 8.36. The maximum Gasteiger partial charge on any atom is 0.326 e. The smallest absolute Gasteiger partial charge is 0.326 e. The summed E-state index contributed by atoms with van der Waals surface area (Å²) in [6.45, 7) is 5.39. The van der Waals surface area contributed by atoms with Crippen LogP contribution in [0, 0.1) is 11.3 Å². The third kappa shape index (κ3) is 16.6. The Bertz CT molecular complexity index is 2140. The van der Waals surface area contributed by atoms with Crippen LogP contribution in [0.5, 0.6) is 0 Å². The fourth-order valence-electron chi connectivity index (χ4n) is 8.36. The van der Waals surface area contributed by atoms with E-state index in [4.69, 9.17) is 16.9 Å². The number of guanidine groups is 1. The van der Waals surface area contributed by atoms with Gasteiger partial charge in [-0.2, -0.15) is 0 Å². The summed E-state index contributed by atoms with van der Waals surface area (Å²) in [5.41, 5.74) is 12.5. The SMILES string of the molecule is CC(C)[C@H](NC(=O)[C@H](CCC(=O)O)NC(=O)[C@@H]1CCCN1C(=O)[C@H](Cc1ccccc1)NC(=O)[C@@H]1CCCN1C(=O)[C@H](C)N)C(=O)N[C@@H](Cc1ccccc1)C(=O)N[C@@H](CCCNC(=N)N)C(=O)O. The number of rotatable bonds is 25. The van der Waals surface area contributed by atoms with E-state index in [1.807, 2.05) is 0 Å². The van der Waals surface area contributed by atoms with Crippen molar-refractivity contribution in [3.05, 3.63) is 71.8 Å². The normalized spacial score (nSPS) is 18.1. The van der Waals surface area contributed by atoms with Crippen LogP contribution in [-0.2, 0) is 56.0 Å². The van der Waals surface area contributed by atoms with Crippen molar-refractivity contribution in [1.29, 1.82) is 5.41 Å². The van der Waals surface area contributed by atoms with Crippen molar-refractivity contribution in [2.45, 2.75) is 133 Å². The lowest BCUT2D eigenvalue weighted by Gasteiger charge is -2.32. The number of hydrogen-bond donors (Lipinski definition) is 11. The maximum absolute atomic E-state index is 14.5. The van der Waals surface area contributed by atoms with Gasteiger partial charge in [0.25, 0.3) is 0 Å². The summed E-state index contributed by atoms with van der Waals surface area (Å²) in [7, 11) is 0. The van der Waals surface area contributed by atoms with Crippen LogP contribution in [0.3, 0.4) is 0 Å². The van der Waals surface area contributed by atoms with Crippen LogP contribution in [0.1, 0.15) is 83.3 Å². The van der Waals surface area contributed by atoms with Crippen LogP contribution in [-0.4, -0.2) is 147 Å². The van der Waals surface area contributed by atoms with Crippen molar-refractivity contribution in [2.75, 3.05) is 19.6 Å². The molecule has 0 bridgehead atoms. The van der Waals surface area contributed by atoms with E-state index >= 15 is 0 Å². The molecule has 2 heterocycles. The minimum atomic E-state index is -1.51. The summed E-state index contributed by atoms with van der Waals surface area (Å²) in [6.07, 6.45) is 0.721. The zero-order valence-electron chi connectivity index (χ0n) is 39.3. The molecule has 2 aromatic carbocycles. The van der Waals surface area contributed by atoms with Gasteiger partial charge in [-0.25, -0.2) is 4.79 Å². The highest BCUT2D eigenvalue weighted by molar-refractivity contribution is 5.98. The molecule has 22 nitrogen and oxygen atoms in total. The van der Waals surface area contributed by atoms with Gasteiger partial charge in [0.1, 0.15) is 42.3 Å². The average molecular weight is 962 g/mol. The number of amides is 7. The van der Waals surface area contributed by atoms with Gasteiger partial charge in [0.2, 0.25) is 41.4 Å². The lowest BCUT2D eigenvalue weighted by atomic mass is 9.99. The molecule has 2 saturated heterocycles. The number of benzene rings is 2. The number of carbonyl (C=O) groups is 9. The first-order chi connectivity index (χ1) is 32.8. The summed E-state index contributed by atoms with van der Waals surface area (Å²) in [4.78, 5) is 124. The number of carboxylic acids is 2. The molecule has 2 aliphatic heterocycles. The number of likely N-dealkylation sites (tertiary alicyclic amines) is 2. The van der Waals surface area contributed by atoms with E-state index in [9.17, 15) is 53.4 Å². The van der Waals surface area contributed by atoms with Crippen LogP contribution in [0.25, 0.3) is 0 Å². The summed E-state index contributed by atoms with van der Waals surface area (Å²) >= 11 is 0. The molecular formula is C47H67N11O11. The first-order valence-electron chi connectivity index (χ1n) is 23.3. The Hall–Kier alpha value is -7.10. The van der Waals surface area contributed by atoms with Gasteiger partial charge in [-0.3, -0.25) is 43.8 Å². The molecule has 69 heavy (non-hydrogen) atoms. The van der Waals surface area contributed by atoms with E-state index < -0.39 is 120 Å². The molecule has 2 aliphatic rings. The summed E-state index contributed by atoms with van der Waals surface area (Å²) in [5.74, 6) is -8.38. The van der Waals surface area contributed by atoms with Crippen LogP contribution in [0.4, 0.5) is 0 Å². The zero-order chi connectivity index (χ0) is 50.8. The van der Waals surface area contributed by atoms with Crippen molar-refractivity contribution >= 4 is 59.2 Å². The number of hydrogen-bond acceptors (Lipinski definition) is 11. The van der Waals surface area contributed by atoms with Gasteiger partial charge in [-0.1, -0.05) is 74.5 Å². The third-order valence-electron chi connectivity index (χ3n) is 12.0. The van der Waals surface area contributed by atoms with Gasteiger partial charge in [-0.15, -0.1) is 0 Å². The second kappa shape index (κ2) is 26.4. The van der Waals surface area contributed by atoms with Gasteiger partial charge in [-0.05, 0) is 68.9 Å². The molecule has 0 unspecified atom stereocenters. The first kappa shape index (κ1) is 54.5. The Morgan fingerprint density at radius 3 is 1.64 bits per heavy atom. The Kier molecular flexibility index (Phi) is 20.9. The molecule has 0 spiro atoms. The molecule has 8 atom stereocenters. The molecule has 0 aromatic heterocycles. The number of aliphatic carboxylic acids is 2. The van der Waals surface area contributed by atoms with Gasteiger partial charge in [0, 0.05) is 38.9 Å². The molecular weight excluding hydrogens is 895 g/mol. The molecule has 376 valence electrons. The molecule has 2 aromatic rings. The maximum atomic E-state index is 14.5. The minimum absolute atomic E-state index is 0.0311. The third-order valence-corrected chi connectivity index (χ3v) is 12.0. The predicted octanol–water partition coefficient (Wildman–Crippen LogP) is -0.906. The average Bonchev–Trinajstić information content (AvgIpc) is 4.01. The highest BCUT2D eigenvalue weighted by Crippen LogP contribution is 2.23. The molecule has 0 aliphatic carbocycles. The van der Waals surface area contributed by atoms with E-state index in [1.54, 1.807) is 74.5 Å². The number of nitrogens with one attached hydrogen (secondary N) is 7. The number of nitrogens with zero attached hydrogens (tertiary/aromatic N) is 2. The van der Waals surface area contributed by atoms with Crippen molar-refractivity contribution < 1.29 is 53.4 Å². The predicted molar refractivity (Wildman–Crippen MR) is 252 cm³/mol.